The first-order chi connectivity index (χ1) is 9.93. The topological polar surface area (TPSA) is 47.0 Å². The number of nitrogens with one attached hydrogen (secondary N) is 1. The first-order valence-corrected chi connectivity index (χ1v) is 7.63. The number of alkyl halides is 3. The van der Waals surface area contributed by atoms with E-state index < -0.39 is 11.2 Å². The van der Waals surface area contributed by atoms with Crippen LogP contribution in [0, 0.1) is 0 Å². The third-order valence-electron chi connectivity index (χ3n) is 2.92. The van der Waals surface area contributed by atoms with Gasteiger partial charge in [-0.05, 0) is 17.7 Å². The van der Waals surface area contributed by atoms with Crippen molar-refractivity contribution in [1.29, 1.82) is 0 Å². The number of hydrogen-bond donors (Lipinski definition) is 1. The van der Waals surface area contributed by atoms with Crippen LogP contribution >= 0.6 is 27.3 Å². The third-order valence-corrected chi connectivity index (χ3v) is 4.31. The molecule has 1 N–H and O–H groups in total. The predicted octanol–water partition coefficient (Wildman–Crippen LogP) is 3.87. The first kappa shape index (κ1) is 14.6. The van der Waals surface area contributed by atoms with Gasteiger partial charge in [-0.2, -0.15) is 13.2 Å². The fourth-order valence-corrected chi connectivity index (χ4v) is 3.22. The molecule has 0 saturated heterocycles. The standard InChI is InChI=1S/C12H9BrF3N3OS/c13-8-3-6-1-2-20-9(6)7(4-8)5-17-11-19-18-10(21-11)12(14,15)16/h3-4H,1-2,5H2,(H,17,19). The normalized spacial score (nSPS) is 13.9. The Balaban J connectivity index is 1.75. The van der Waals surface area contributed by atoms with Gasteiger partial charge in [0, 0.05) is 23.0 Å². The summed E-state index contributed by atoms with van der Waals surface area (Å²) in [6.07, 6.45) is -3.63. The van der Waals surface area contributed by atoms with Crippen molar-refractivity contribution < 1.29 is 17.9 Å². The summed E-state index contributed by atoms with van der Waals surface area (Å²) < 4.78 is 43.8. The molecule has 0 atom stereocenters. The molecule has 9 heteroatoms. The predicted molar refractivity (Wildman–Crippen MR) is 75.6 cm³/mol. The summed E-state index contributed by atoms with van der Waals surface area (Å²) in [7, 11) is 0. The Hall–Kier alpha value is -1.35. The lowest BCUT2D eigenvalue weighted by molar-refractivity contribution is -0.138. The maximum absolute atomic E-state index is 12.5. The van der Waals surface area contributed by atoms with Gasteiger partial charge in [0.15, 0.2) is 0 Å². The number of anilines is 1. The third kappa shape index (κ3) is 3.13. The van der Waals surface area contributed by atoms with E-state index >= 15 is 0 Å². The Morgan fingerprint density at radius 3 is 2.86 bits per heavy atom. The van der Waals surface area contributed by atoms with Gasteiger partial charge in [-0.3, -0.25) is 0 Å². The molecule has 4 nitrogen and oxygen atoms in total. The van der Waals surface area contributed by atoms with Crippen LogP contribution in [0.2, 0.25) is 0 Å². The largest absolute Gasteiger partial charge is 0.493 e. The number of fused-ring (bicyclic) bond motifs is 1. The van der Waals surface area contributed by atoms with E-state index in [1.165, 1.54) is 0 Å². The lowest BCUT2D eigenvalue weighted by atomic mass is 10.1. The van der Waals surface area contributed by atoms with Crippen LogP contribution in [0.4, 0.5) is 18.3 Å². The van der Waals surface area contributed by atoms with E-state index in [1.54, 1.807) is 0 Å². The lowest BCUT2D eigenvalue weighted by Crippen LogP contribution is -2.03. The highest BCUT2D eigenvalue weighted by Gasteiger charge is 2.35. The molecule has 1 aliphatic heterocycles. The Labute approximate surface area is 130 Å². The van der Waals surface area contributed by atoms with Crippen molar-refractivity contribution in [2.75, 3.05) is 11.9 Å². The van der Waals surface area contributed by atoms with Crippen LogP contribution in [0.5, 0.6) is 5.75 Å². The Morgan fingerprint density at radius 1 is 1.33 bits per heavy atom. The van der Waals surface area contributed by atoms with Gasteiger partial charge in [0.25, 0.3) is 0 Å². The van der Waals surface area contributed by atoms with Gasteiger partial charge in [-0.25, -0.2) is 0 Å². The number of hydrogen-bond acceptors (Lipinski definition) is 5. The number of halogens is 4. The van der Waals surface area contributed by atoms with E-state index in [1.807, 2.05) is 12.1 Å². The van der Waals surface area contributed by atoms with Crippen LogP contribution in [-0.2, 0) is 19.1 Å². The average molecular weight is 380 g/mol. The van der Waals surface area contributed by atoms with Crippen molar-refractivity contribution in [3.63, 3.8) is 0 Å². The van der Waals surface area contributed by atoms with E-state index in [9.17, 15) is 13.2 Å². The minimum Gasteiger partial charge on any atom is -0.493 e. The van der Waals surface area contributed by atoms with Gasteiger partial charge in [0.1, 0.15) is 5.75 Å². The highest BCUT2D eigenvalue weighted by atomic mass is 79.9. The first-order valence-electron chi connectivity index (χ1n) is 6.02. The van der Waals surface area contributed by atoms with Crippen molar-refractivity contribution >= 4 is 32.4 Å². The van der Waals surface area contributed by atoms with Gasteiger partial charge in [0.2, 0.25) is 10.1 Å². The van der Waals surface area contributed by atoms with Crippen molar-refractivity contribution in [2.24, 2.45) is 0 Å². The molecule has 0 amide bonds. The number of rotatable bonds is 3. The molecule has 2 aromatic rings. The zero-order valence-electron chi connectivity index (χ0n) is 10.5. The molecule has 1 aliphatic rings. The molecule has 112 valence electrons. The maximum atomic E-state index is 12.5. The lowest BCUT2D eigenvalue weighted by Gasteiger charge is -2.09. The molecule has 1 aromatic heterocycles. The smallest absolute Gasteiger partial charge is 0.445 e. The monoisotopic (exact) mass is 379 g/mol. The molecule has 2 heterocycles. The van der Waals surface area contributed by atoms with Crippen molar-refractivity contribution in [2.45, 2.75) is 19.1 Å². The number of benzene rings is 1. The second-order valence-electron chi connectivity index (χ2n) is 4.42. The highest BCUT2D eigenvalue weighted by Crippen LogP contribution is 2.35. The summed E-state index contributed by atoms with van der Waals surface area (Å²) in [6.45, 7) is 0.948. The zero-order valence-corrected chi connectivity index (χ0v) is 12.9. The van der Waals surface area contributed by atoms with Crippen LogP contribution in [0.25, 0.3) is 0 Å². The molecule has 0 radical (unpaired) electrons. The summed E-state index contributed by atoms with van der Waals surface area (Å²) in [5.74, 6) is 0.797. The summed E-state index contributed by atoms with van der Waals surface area (Å²) >= 11 is 3.90. The number of ether oxygens (including phenoxy) is 1. The van der Waals surface area contributed by atoms with E-state index in [4.69, 9.17) is 4.74 Å². The quantitative estimate of drug-likeness (QED) is 0.879. The molecule has 0 spiro atoms. The van der Waals surface area contributed by atoms with Gasteiger partial charge in [-0.1, -0.05) is 27.3 Å². The molecular formula is C12H9BrF3N3OS. The van der Waals surface area contributed by atoms with Crippen molar-refractivity contribution in [3.05, 3.63) is 32.7 Å². The van der Waals surface area contributed by atoms with Crippen LogP contribution in [0.3, 0.4) is 0 Å². The van der Waals surface area contributed by atoms with Crippen molar-refractivity contribution in [3.8, 4) is 5.75 Å². The number of aromatic nitrogens is 2. The molecule has 3 rings (SSSR count). The minimum atomic E-state index is -4.46. The minimum absolute atomic E-state index is 0.133. The zero-order chi connectivity index (χ0) is 15.0. The molecule has 0 unspecified atom stereocenters. The Kier molecular flexibility index (Phi) is 3.78. The van der Waals surface area contributed by atoms with E-state index in [0.29, 0.717) is 24.5 Å². The molecule has 1 aromatic carbocycles. The second kappa shape index (κ2) is 5.45. The molecule has 0 saturated carbocycles. The van der Waals surface area contributed by atoms with Gasteiger partial charge < -0.3 is 10.1 Å². The fourth-order valence-electron chi connectivity index (χ4n) is 2.06. The summed E-state index contributed by atoms with van der Waals surface area (Å²) in [5, 5.41) is 8.66. The highest BCUT2D eigenvalue weighted by molar-refractivity contribution is 9.10. The van der Waals surface area contributed by atoms with E-state index in [2.05, 4.69) is 31.4 Å². The summed E-state index contributed by atoms with van der Waals surface area (Å²) in [6, 6.07) is 3.86. The molecule has 0 aliphatic carbocycles. The SMILES string of the molecule is FC(F)(F)c1nnc(NCc2cc(Br)cc3c2OCC3)s1. The summed E-state index contributed by atoms with van der Waals surface area (Å²) in [5.41, 5.74) is 1.97. The fraction of sp³-hybridized carbons (Fsp3) is 0.333. The van der Waals surface area contributed by atoms with E-state index in [0.717, 1.165) is 27.8 Å². The van der Waals surface area contributed by atoms with Crippen LogP contribution < -0.4 is 10.1 Å². The molecule has 0 fully saturated rings. The van der Waals surface area contributed by atoms with Crippen LogP contribution in [0.1, 0.15) is 16.1 Å². The Morgan fingerprint density at radius 2 is 2.14 bits per heavy atom. The van der Waals surface area contributed by atoms with Crippen LogP contribution in [0.15, 0.2) is 16.6 Å². The Bertz CT molecular complexity index is 674. The van der Waals surface area contributed by atoms with Gasteiger partial charge >= 0.3 is 6.18 Å². The van der Waals surface area contributed by atoms with Crippen molar-refractivity contribution in [1.82, 2.24) is 10.2 Å². The molecular weight excluding hydrogens is 371 g/mol. The maximum Gasteiger partial charge on any atom is 0.445 e. The van der Waals surface area contributed by atoms with Gasteiger partial charge in [0.05, 0.1) is 6.61 Å². The average Bonchev–Trinajstić information content (AvgIpc) is 3.03. The van der Waals surface area contributed by atoms with E-state index in [-0.39, 0.29) is 5.13 Å². The summed E-state index contributed by atoms with van der Waals surface area (Å²) in [4.78, 5) is 0. The van der Waals surface area contributed by atoms with Gasteiger partial charge in [-0.15, -0.1) is 10.2 Å². The molecule has 21 heavy (non-hydrogen) atoms. The van der Waals surface area contributed by atoms with Crippen LogP contribution in [-0.4, -0.2) is 16.8 Å². The second-order valence-corrected chi connectivity index (χ2v) is 6.31. The number of nitrogens with zero attached hydrogens (tertiary/aromatic N) is 2. The molecule has 0 bridgehead atoms.